The zero-order valence-corrected chi connectivity index (χ0v) is 11.2. The van der Waals surface area contributed by atoms with Gasteiger partial charge in [-0.1, -0.05) is 6.92 Å². The molecule has 0 bridgehead atoms. The van der Waals surface area contributed by atoms with Crippen LogP contribution in [0.4, 0.5) is 11.6 Å². The molecule has 3 aromatic heterocycles. The molecule has 0 spiro atoms. The highest BCUT2D eigenvalue weighted by atomic mass is 14.9. The summed E-state index contributed by atoms with van der Waals surface area (Å²) in [7, 11) is 0. The van der Waals surface area contributed by atoms with Crippen LogP contribution in [0.5, 0.6) is 0 Å². The van der Waals surface area contributed by atoms with Gasteiger partial charge in [0.05, 0.1) is 5.69 Å². The van der Waals surface area contributed by atoms with Gasteiger partial charge in [0.25, 0.3) is 0 Å². The second-order valence-corrected chi connectivity index (χ2v) is 4.61. The third-order valence-corrected chi connectivity index (χ3v) is 3.33. The Hall–Kier alpha value is -2.69. The van der Waals surface area contributed by atoms with Crippen molar-refractivity contribution in [1.82, 2.24) is 15.0 Å². The first-order valence-electron chi connectivity index (χ1n) is 6.44. The highest BCUT2D eigenvalue weighted by Gasteiger charge is 2.09. The van der Waals surface area contributed by atoms with Crippen molar-refractivity contribution in [1.29, 1.82) is 0 Å². The lowest BCUT2D eigenvalue weighted by Crippen LogP contribution is -1.98. The fourth-order valence-electron chi connectivity index (χ4n) is 2.29. The van der Waals surface area contributed by atoms with Crippen molar-refractivity contribution >= 4 is 22.4 Å². The van der Waals surface area contributed by atoms with Crippen LogP contribution in [0.2, 0.25) is 0 Å². The van der Waals surface area contributed by atoms with Crippen molar-refractivity contribution in [2.45, 2.75) is 13.3 Å². The first kappa shape index (κ1) is 12.3. The van der Waals surface area contributed by atoms with Gasteiger partial charge in [-0.3, -0.25) is 4.98 Å². The van der Waals surface area contributed by atoms with Crippen LogP contribution < -0.4 is 11.5 Å². The number of pyridine rings is 3. The lowest BCUT2D eigenvalue weighted by molar-refractivity contribution is 1.11. The first-order chi connectivity index (χ1) is 9.69. The van der Waals surface area contributed by atoms with Gasteiger partial charge in [0, 0.05) is 29.5 Å². The second kappa shape index (κ2) is 4.77. The van der Waals surface area contributed by atoms with E-state index in [0.29, 0.717) is 11.6 Å². The van der Waals surface area contributed by atoms with E-state index >= 15 is 0 Å². The standard InChI is InChI=1S/C15H15N5/c1-2-9-3-4-18-7-11(9)13-5-10-6-14(16)19-8-12(10)15(17)20-13/h3-8H,2H2,1H3,(H2,16,19)(H2,17,20). The molecule has 0 amide bonds. The van der Waals surface area contributed by atoms with Crippen LogP contribution in [0, 0.1) is 0 Å². The van der Waals surface area contributed by atoms with E-state index in [-0.39, 0.29) is 0 Å². The molecule has 20 heavy (non-hydrogen) atoms. The molecule has 0 radical (unpaired) electrons. The minimum Gasteiger partial charge on any atom is -0.384 e. The predicted molar refractivity (Wildman–Crippen MR) is 81.0 cm³/mol. The molecule has 0 unspecified atom stereocenters. The van der Waals surface area contributed by atoms with E-state index in [1.807, 2.05) is 18.3 Å². The van der Waals surface area contributed by atoms with Gasteiger partial charge >= 0.3 is 0 Å². The molecule has 0 saturated carbocycles. The zero-order chi connectivity index (χ0) is 14.1. The number of nitrogens with zero attached hydrogens (tertiary/aromatic N) is 3. The van der Waals surface area contributed by atoms with Gasteiger partial charge in [-0.15, -0.1) is 0 Å². The maximum atomic E-state index is 6.02. The molecule has 0 aliphatic carbocycles. The normalized spacial score (nSPS) is 10.8. The average Bonchev–Trinajstić information content (AvgIpc) is 2.46. The molecule has 3 heterocycles. The monoisotopic (exact) mass is 265 g/mol. The van der Waals surface area contributed by atoms with Crippen LogP contribution in [0.3, 0.4) is 0 Å². The summed E-state index contributed by atoms with van der Waals surface area (Å²) in [5.74, 6) is 0.923. The summed E-state index contributed by atoms with van der Waals surface area (Å²) in [5.41, 5.74) is 14.8. The number of nitrogen functional groups attached to an aromatic ring is 2. The zero-order valence-electron chi connectivity index (χ0n) is 11.2. The van der Waals surface area contributed by atoms with Crippen molar-refractivity contribution in [3.05, 3.63) is 42.4 Å². The van der Waals surface area contributed by atoms with Gasteiger partial charge in [-0.2, -0.15) is 0 Å². The highest BCUT2D eigenvalue weighted by Crippen LogP contribution is 2.28. The third-order valence-electron chi connectivity index (χ3n) is 3.33. The van der Waals surface area contributed by atoms with Crippen LogP contribution in [0.25, 0.3) is 22.0 Å². The van der Waals surface area contributed by atoms with E-state index in [0.717, 1.165) is 28.5 Å². The molecule has 4 N–H and O–H groups in total. The maximum absolute atomic E-state index is 6.02. The number of aromatic nitrogens is 3. The Labute approximate surface area is 116 Å². The highest BCUT2D eigenvalue weighted by molar-refractivity contribution is 5.94. The molecule has 3 rings (SSSR count). The molecular weight excluding hydrogens is 250 g/mol. The molecule has 0 atom stereocenters. The van der Waals surface area contributed by atoms with E-state index in [4.69, 9.17) is 11.5 Å². The number of rotatable bonds is 2. The van der Waals surface area contributed by atoms with E-state index in [2.05, 4.69) is 21.9 Å². The van der Waals surface area contributed by atoms with Crippen LogP contribution in [0.15, 0.2) is 36.8 Å². The summed E-state index contributed by atoms with van der Waals surface area (Å²) in [6, 6.07) is 5.77. The Balaban J connectivity index is 2.26. The topological polar surface area (TPSA) is 90.7 Å². The summed E-state index contributed by atoms with van der Waals surface area (Å²) in [5, 5.41) is 1.75. The molecular formula is C15H15N5. The van der Waals surface area contributed by atoms with E-state index < -0.39 is 0 Å². The number of hydrogen-bond acceptors (Lipinski definition) is 5. The molecule has 100 valence electrons. The molecule has 0 saturated heterocycles. The third kappa shape index (κ3) is 2.03. The van der Waals surface area contributed by atoms with Gasteiger partial charge in [0.1, 0.15) is 11.6 Å². The van der Waals surface area contributed by atoms with E-state index in [1.54, 1.807) is 18.5 Å². The average molecular weight is 265 g/mol. The van der Waals surface area contributed by atoms with Crippen LogP contribution in [-0.2, 0) is 6.42 Å². The van der Waals surface area contributed by atoms with Crippen LogP contribution in [-0.4, -0.2) is 15.0 Å². The summed E-state index contributed by atoms with van der Waals surface area (Å²) in [6.07, 6.45) is 6.17. The summed E-state index contributed by atoms with van der Waals surface area (Å²) >= 11 is 0. The van der Waals surface area contributed by atoms with E-state index in [1.165, 1.54) is 5.56 Å². The second-order valence-electron chi connectivity index (χ2n) is 4.61. The quantitative estimate of drug-likeness (QED) is 0.742. The van der Waals surface area contributed by atoms with Crippen molar-refractivity contribution in [3.63, 3.8) is 0 Å². The number of aryl methyl sites for hydroxylation is 1. The van der Waals surface area contributed by atoms with Crippen molar-refractivity contribution < 1.29 is 0 Å². The predicted octanol–water partition coefficient (Wildman–Crippen LogP) is 2.42. The SMILES string of the molecule is CCc1ccncc1-c1cc2cc(N)ncc2c(N)n1. The number of anilines is 2. The molecule has 0 aliphatic heterocycles. The van der Waals surface area contributed by atoms with E-state index in [9.17, 15) is 0 Å². The molecule has 3 aromatic rings. The number of fused-ring (bicyclic) bond motifs is 1. The maximum Gasteiger partial charge on any atom is 0.133 e. The van der Waals surface area contributed by atoms with Crippen LogP contribution in [0.1, 0.15) is 12.5 Å². The van der Waals surface area contributed by atoms with Crippen molar-refractivity contribution in [2.24, 2.45) is 0 Å². The summed E-state index contributed by atoms with van der Waals surface area (Å²) in [4.78, 5) is 12.7. The van der Waals surface area contributed by atoms with Gasteiger partial charge in [-0.05, 0) is 35.6 Å². The van der Waals surface area contributed by atoms with Crippen molar-refractivity contribution in [2.75, 3.05) is 11.5 Å². The number of nitrogens with two attached hydrogens (primary N) is 2. The largest absolute Gasteiger partial charge is 0.384 e. The smallest absolute Gasteiger partial charge is 0.133 e. The lowest BCUT2D eigenvalue weighted by atomic mass is 10.0. The van der Waals surface area contributed by atoms with Gasteiger partial charge in [-0.25, -0.2) is 9.97 Å². The van der Waals surface area contributed by atoms with Crippen molar-refractivity contribution in [3.8, 4) is 11.3 Å². The van der Waals surface area contributed by atoms with Gasteiger partial charge in [0.2, 0.25) is 0 Å². The Kier molecular flexibility index (Phi) is 2.95. The minimum absolute atomic E-state index is 0.455. The van der Waals surface area contributed by atoms with Gasteiger partial charge in [0.15, 0.2) is 0 Å². The fourth-order valence-corrected chi connectivity index (χ4v) is 2.29. The molecule has 0 fully saturated rings. The Bertz CT molecular complexity index is 782. The number of hydrogen-bond donors (Lipinski definition) is 2. The Morgan fingerprint density at radius 1 is 1.15 bits per heavy atom. The summed E-state index contributed by atoms with van der Waals surface area (Å²) < 4.78 is 0. The molecule has 0 aromatic carbocycles. The first-order valence-corrected chi connectivity index (χ1v) is 6.44. The van der Waals surface area contributed by atoms with Gasteiger partial charge < -0.3 is 11.5 Å². The minimum atomic E-state index is 0.455. The molecule has 0 aliphatic rings. The summed E-state index contributed by atoms with van der Waals surface area (Å²) in [6.45, 7) is 2.10. The molecule has 5 nitrogen and oxygen atoms in total. The lowest BCUT2D eigenvalue weighted by Gasteiger charge is -2.09. The Morgan fingerprint density at radius 2 is 2.00 bits per heavy atom. The van der Waals surface area contributed by atoms with Crippen LogP contribution >= 0.6 is 0 Å². The Morgan fingerprint density at radius 3 is 2.80 bits per heavy atom. The fraction of sp³-hybridized carbons (Fsp3) is 0.133. The molecule has 5 heteroatoms.